The Labute approximate surface area is 155 Å². The van der Waals surface area contributed by atoms with Gasteiger partial charge in [-0.15, -0.1) is 0 Å². The molecule has 1 aromatic heterocycles. The smallest absolute Gasteiger partial charge is 0.262 e. The van der Waals surface area contributed by atoms with Crippen molar-refractivity contribution in [2.75, 3.05) is 31.6 Å². The summed E-state index contributed by atoms with van der Waals surface area (Å²) in [5.74, 6) is -0.0258. The summed E-state index contributed by atoms with van der Waals surface area (Å²) >= 11 is 1.56. The quantitative estimate of drug-likeness (QED) is 0.819. The number of hydrogen-bond acceptors (Lipinski definition) is 6. The summed E-state index contributed by atoms with van der Waals surface area (Å²) in [6.07, 6.45) is 0. The molecule has 2 aliphatic heterocycles. The van der Waals surface area contributed by atoms with Crippen LogP contribution in [0.25, 0.3) is 0 Å². The van der Waals surface area contributed by atoms with Crippen LogP contribution < -0.4 is 10.1 Å². The third-order valence-corrected chi connectivity index (χ3v) is 7.36. The van der Waals surface area contributed by atoms with Gasteiger partial charge in [0.05, 0.1) is 10.6 Å². The van der Waals surface area contributed by atoms with Gasteiger partial charge in [-0.05, 0) is 40.6 Å². The molecule has 0 aliphatic carbocycles. The van der Waals surface area contributed by atoms with Gasteiger partial charge in [0.15, 0.2) is 6.61 Å². The van der Waals surface area contributed by atoms with E-state index in [-0.39, 0.29) is 42.4 Å². The van der Waals surface area contributed by atoms with Crippen molar-refractivity contribution in [1.82, 2.24) is 4.31 Å². The minimum absolute atomic E-state index is 0.0262. The molecular weight excluding hydrogens is 376 g/mol. The van der Waals surface area contributed by atoms with Crippen molar-refractivity contribution in [3.05, 3.63) is 40.6 Å². The van der Waals surface area contributed by atoms with Crippen LogP contribution >= 0.6 is 11.3 Å². The molecular formula is C17H18N2O5S2. The fourth-order valence-electron chi connectivity index (χ4n) is 3.45. The van der Waals surface area contributed by atoms with Crippen LogP contribution in [0.5, 0.6) is 5.75 Å². The van der Waals surface area contributed by atoms with E-state index in [1.54, 1.807) is 17.4 Å². The van der Waals surface area contributed by atoms with Crippen LogP contribution in [0.1, 0.15) is 11.5 Å². The minimum atomic E-state index is -3.74. The van der Waals surface area contributed by atoms with Gasteiger partial charge < -0.3 is 15.2 Å². The average molecular weight is 394 g/mol. The van der Waals surface area contributed by atoms with Crippen molar-refractivity contribution in [2.24, 2.45) is 5.92 Å². The van der Waals surface area contributed by atoms with Gasteiger partial charge in [-0.25, -0.2) is 8.42 Å². The summed E-state index contributed by atoms with van der Waals surface area (Å²) in [5, 5.41) is 16.3. The lowest BCUT2D eigenvalue weighted by molar-refractivity contribution is -0.118. The van der Waals surface area contributed by atoms with Gasteiger partial charge in [0.1, 0.15) is 5.75 Å². The number of fused-ring (bicyclic) bond motifs is 1. The molecule has 2 aromatic rings. The predicted octanol–water partition coefficient (Wildman–Crippen LogP) is 1.48. The normalized spacial score (nSPS) is 23.3. The fourth-order valence-corrected chi connectivity index (χ4v) is 5.72. The summed E-state index contributed by atoms with van der Waals surface area (Å²) < 4.78 is 32.8. The third-order valence-electron chi connectivity index (χ3n) is 4.84. The van der Waals surface area contributed by atoms with Crippen LogP contribution in [0.2, 0.25) is 0 Å². The molecule has 2 N–H and O–H groups in total. The van der Waals surface area contributed by atoms with Crippen LogP contribution in [0.4, 0.5) is 5.69 Å². The highest BCUT2D eigenvalue weighted by Gasteiger charge is 2.40. The van der Waals surface area contributed by atoms with E-state index in [0.717, 1.165) is 5.56 Å². The summed E-state index contributed by atoms with van der Waals surface area (Å²) in [6.45, 7) is 0.440. The summed E-state index contributed by atoms with van der Waals surface area (Å²) in [4.78, 5) is 11.6. The minimum Gasteiger partial charge on any atom is -0.482 e. The standard InChI is InChI=1S/C17H18N2O5S2/c20-8-12-6-19(7-14(12)11-3-4-25-10-11)26(22,23)13-1-2-16-15(5-13)18-17(21)9-24-16/h1-5,10,12,14,20H,6-9H2,(H,18,21)/t12-,14-/m1/s1. The van der Waals surface area contributed by atoms with Gasteiger partial charge in [0, 0.05) is 31.5 Å². The van der Waals surface area contributed by atoms with Gasteiger partial charge in [0.2, 0.25) is 10.0 Å². The van der Waals surface area contributed by atoms with Gasteiger partial charge in [-0.3, -0.25) is 4.79 Å². The third kappa shape index (κ3) is 3.01. The zero-order valence-corrected chi connectivity index (χ0v) is 15.4. The van der Waals surface area contributed by atoms with Crippen LogP contribution in [0.15, 0.2) is 39.9 Å². The molecule has 0 radical (unpaired) electrons. The summed E-state index contributed by atoms with van der Waals surface area (Å²) in [7, 11) is -3.74. The van der Waals surface area contributed by atoms with E-state index < -0.39 is 10.0 Å². The number of sulfonamides is 1. The highest BCUT2D eigenvalue weighted by molar-refractivity contribution is 7.89. The van der Waals surface area contributed by atoms with Gasteiger partial charge in [-0.2, -0.15) is 15.6 Å². The largest absolute Gasteiger partial charge is 0.482 e. The number of hydrogen-bond donors (Lipinski definition) is 2. The van der Waals surface area contributed by atoms with E-state index in [1.807, 2.05) is 16.8 Å². The Kier molecular flexibility index (Phi) is 4.47. The number of carbonyl (C=O) groups is 1. The maximum atomic E-state index is 13.1. The number of aliphatic hydroxyl groups excluding tert-OH is 1. The number of amides is 1. The van der Waals surface area contributed by atoms with Gasteiger partial charge in [-0.1, -0.05) is 0 Å². The Balaban J connectivity index is 1.63. The second kappa shape index (κ2) is 6.66. The number of carbonyl (C=O) groups excluding carboxylic acids is 1. The van der Waals surface area contributed by atoms with E-state index >= 15 is 0 Å². The zero-order chi connectivity index (χ0) is 18.3. The first-order valence-corrected chi connectivity index (χ1v) is 10.6. The Morgan fingerprint density at radius 2 is 2.15 bits per heavy atom. The molecule has 0 bridgehead atoms. The lowest BCUT2D eigenvalue weighted by atomic mass is 9.92. The lowest BCUT2D eigenvalue weighted by Gasteiger charge is -2.21. The van der Waals surface area contributed by atoms with Crippen LogP contribution in [-0.2, 0) is 14.8 Å². The number of rotatable bonds is 4. The fraction of sp³-hybridized carbons (Fsp3) is 0.353. The van der Waals surface area contributed by atoms with Crippen molar-refractivity contribution in [3.63, 3.8) is 0 Å². The average Bonchev–Trinajstić information content (AvgIpc) is 3.30. The summed E-state index contributed by atoms with van der Waals surface area (Å²) in [5.41, 5.74) is 1.41. The molecule has 0 saturated carbocycles. The first-order valence-electron chi connectivity index (χ1n) is 8.19. The molecule has 138 valence electrons. The van der Waals surface area contributed by atoms with Gasteiger partial charge >= 0.3 is 0 Å². The number of anilines is 1. The first kappa shape index (κ1) is 17.5. The molecule has 4 rings (SSSR count). The summed E-state index contributed by atoms with van der Waals surface area (Å²) in [6, 6.07) is 6.43. The van der Waals surface area contributed by atoms with Crippen molar-refractivity contribution < 1.29 is 23.1 Å². The number of aliphatic hydroxyl groups is 1. The molecule has 3 heterocycles. The van der Waals surface area contributed by atoms with E-state index in [2.05, 4.69) is 5.32 Å². The number of nitrogens with zero attached hydrogens (tertiary/aromatic N) is 1. The van der Waals surface area contributed by atoms with Crippen molar-refractivity contribution in [3.8, 4) is 5.75 Å². The molecule has 2 aliphatic rings. The highest BCUT2D eigenvalue weighted by atomic mass is 32.2. The Morgan fingerprint density at radius 3 is 2.88 bits per heavy atom. The van der Waals surface area contributed by atoms with E-state index in [0.29, 0.717) is 18.0 Å². The molecule has 1 aromatic carbocycles. The zero-order valence-electron chi connectivity index (χ0n) is 13.8. The first-order chi connectivity index (χ1) is 12.5. The number of ether oxygens (including phenoxy) is 1. The second-order valence-corrected chi connectivity index (χ2v) is 9.14. The van der Waals surface area contributed by atoms with E-state index in [4.69, 9.17) is 4.74 Å². The van der Waals surface area contributed by atoms with Crippen LogP contribution in [0.3, 0.4) is 0 Å². The molecule has 1 fully saturated rings. The predicted molar refractivity (Wildman–Crippen MR) is 97.0 cm³/mol. The van der Waals surface area contributed by atoms with Crippen molar-refractivity contribution >= 4 is 33.0 Å². The lowest BCUT2D eigenvalue weighted by Crippen LogP contribution is -2.30. The molecule has 1 amide bonds. The van der Waals surface area contributed by atoms with Gasteiger partial charge in [0.25, 0.3) is 5.91 Å². The Bertz CT molecular complexity index is 927. The topological polar surface area (TPSA) is 95.9 Å². The van der Waals surface area contributed by atoms with E-state index in [1.165, 1.54) is 16.4 Å². The Hall–Kier alpha value is -1.94. The number of nitrogens with one attached hydrogen (secondary N) is 1. The second-order valence-electron chi connectivity index (χ2n) is 6.42. The molecule has 2 atom stereocenters. The highest BCUT2D eigenvalue weighted by Crippen LogP contribution is 2.37. The van der Waals surface area contributed by atoms with Crippen LogP contribution in [-0.4, -0.2) is 50.0 Å². The molecule has 7 nitrogen and oxygen atoms in total. The van der Waals surface area contributed by atoms with Crippen molar-refractivity contribution in [2.45, 2.75) is 10.8 Å². The SMILES string of the molecule is O=C1COc2ccc(S(=O)(=O)N3C[C@H](CO)[C@@H](c4ccsc4)C3)cc2N1. The molecule has 0 unspecified atom stereocenters. The van der Waals surface area contributed by atoms with Crippen LogP contribution in [0, 0.1) is 5.92 Å². The molecule has 1 saturated heterocycles. The molecule has 9 heteroatoms. The van der Waals surface area contributed by atoms with Crippen molar-refractivity contribution in [1.29, 1.82) is 0 Å². The number of benzene rings is 1. The maximum Gasteiger partial charge on any atom is 0.262 e. The monoisotopic (exact) mass is 394 g/mol. The Morgan fingerprint density at radius 1 is 1.31 bits per heavy atom. The molecule has 26 heavy (non-hydrogen) atoms. The maximum absolute atomic E-state index is 13.1. The number of thiophene rings is 1. The van der Waals surface area contributed by atoms with E-state index in [9.17, 15) is 18.3 Å². The molecule has 0 spiro atoms.